The molecule has 0 radical (unpaired) electrons. The Bertz CT molecular complexity index is 906. The second-order valence-corrected chi connectivity index (χ2v) is 6.78. The van der Waals surface area contributed by atoms with Gasteiger partial charge in [0.05, 0.1) is 10.7 Å². The van der Waals surface area contributed by atoms with Gasteiger partial charge in [-0.15, -0.1) is 11.3 Å². The highest BCUT2D eigenvalue weighted by atomic mass is 32.1. The molecule has 1 aliphatic rings. The minimum atomic E-state index is 0.235. The third-order valence-electron chi connectivity index (χ3n) is 3.96. The second-order valence-electron chi connectivity index (χ2n) is 5.83. The van der Waals surface area contributed by atoms with Crippen LogP contribution in [0.1, 0.15) is 21.8 Å². The lowest BCUT2D eigenvalue weighted by Gasteiger charge is -2.06. The van der Waals surface area contributed by atoms with Gasteiger partial charge in [0, 0.05) is 17.9 Å². The summed E-state index contributed by atoms with van der Waals surface area (Å²) in [4.78, 5) is 4.61. The van der Waals surface area contributed by atoms with Crippen LogP contribution in [-0.4, -0.2) is 16.9 Å². The van der Waals surface area contributed by atoms with Crippen molar-refractivity contribution in [1.82, 2.24) is 4.98 Å². The van der Waals surface area contributed by atoms with E-state index in [1.165, 1.54) is 0 Å². The summed E-state index contributed by atoms with van der Waals surface area (Å²) in [5, 5.41) is 12.7. The number of thiazole rings is 1. The minimum Gasteiger partial charge on any atom is -0.508 e. The molecule has 2 heterocycles. The Morgan fingerprint density at radius 1 is 1.16 bits per heavy atom. The van der Waals surface area contributed by atoms with Crippen molar-refractivity contribution in [3.63, 3.8) is 0 Å². The zero-order chi connectivity index (χ0) is 17.2. The van der Waals surface area contributed by atoms with E-state index < -0.39 is 0 Å². The van der Waals surface area contributed by atoms with E-state index in [2.05, 4.69) is 4.98 Å². The molecule has 3 aromatic rings. The molecule has 0 amide bonds. The lowest BCUT2D eigenvalue weighted by molar-refractivity contribution is 0.174. The lowest BCUT2D eigenvalue weighted by Crippen LogP contribution is -1.97. The molecule has 0 saturated heterocycles. The molecule has 1 aliphatic heterocycles. The highest BCUT2D eigenvalue weighted by Gasteiger charge is 2.14. The first-order chi connectivity index (χ1) is 12.2. The van der Waals surface area contributed by atoms with Crippen molar-refractivity contribution in [2.75, 3.05) is 6.79 Å². The number of aryl methyl sites for hydroxylation is 1. The lowest BCUT2D eigenvalue weighted by atomic mass is 10.1. The van der Waals surface area contributed by atoms with Gasteiger partial charge in [-0.05, 0) is 36.2 Å². The van der Waals surface area contributed by atoms with Gasteiger partial charge in [0.2, 0.25) is 6.79 Å². The van der Waals surface area contributed by atoms with E-state index >= 15 is 0 Å². The number of benzene rings is 2. The first-order valence-electron chi connectivity index (χ1n) is 7.91. The van der Waals surface area contributed by atoms with Crippen molar-refractivity contribution in [1.29, 1.82) is 0 Å². The molecular formula is C19H17NO4S. The smallest absolute Gasteiger partial charge is 0.231 e. The van der Waals surface area contributed by atoms with Crippen molar-refractivity contribution in [3.05, 3.63) is 63.6 Å². The average molecular weight is 355 g/mol. The maximum atomic E-state index is 9.72. The Balaban J connectivity index is 1.39. The largest absolute Gasteiger partial charge is 0.508 e. The Morgan fingerprint density at radius 2 is 2.04 bits per heavy atom. The number of rotatable bonds is 5. The summed E-state index contributed by atoms with van der Waals surface area (Å²) in [5.41, 5.74) is 2.84. The summed E-state index contributed by atoms with van der Waals surface area (Å²) in [6.45, 7) is 2.51. The minimum absolute atomic E-state index is 0.235. The number of aromatic hydroxyl groups is 1. The van der Waals surface area contributed by atoms with E-state index in [-0.39, 0.29) is 12.5 Å². The van der Waals surface area contributed by atoms with Gasteiger partial charge >= 0.3 is 0 Å². The van der Waals surface area contributed by atoms with Crippen LogP contribution >= 0.6 is 11.3 Å². The molecule has 4 rings (SSSR count). The summed E-state index contributed by atoms with van der Waals surface area (Å²) < 4.78 is 16.4. The van der Waals surface area contributed by atoms with Crippen molar-refractivity contribution in [2.24, 2.45) is 0 Å². The number of phenols is 1. The van der Waals surface area contributed by atoms with E-state index in [9.17, 15) is 5.11 Å². The third-order valence-corrected chi connectivity index (χ3v) is 4.86. The standard InChI is InChI=1S/C19H17NO4S/c1-12-2-4-15(8-16(12)21)22-9-14-10-25-19(20-14)7-13-3-5-17-18(6-13)24-11-23-17/h2-6,8,10,21H,7,9,11H2,1H3. The molecule has 0 atom stereocenters. The molecule has 1 aromatic heterocycles. The first kappa shape index (κ1) is 15.8. The maximum absolute atomic E-state index is 9.72. The van der Waals surface area contributed by atoms with Crippen molar-refractivity contribution < 1.29 is 19.3 Å². The summed E-state index contributed by atoms with van der Waals surface area (Å²) >= 11 is 1.61. The van der Waals surface area contributed by atoms with Crippen molar-refractivity contribution >= 4 is 11.3 Å². The van der Waals surface area contributed by atoms with E-state index in [1.807, 2.05) is 42.6 Å². The van der Waals surface area contributed by atoms with Crippen LogP contribution in [-0.2, 0) is 13.0 Å². The molecule has 2 aromatic carbocycles. The number of hydrogen-bond acceptors (Lipinski definition) is 6. The van der Waals surface area contributed by atoms with E-state index in [1.54, 1.807) is 17.4 Å². The van der Waals surface area contributed by atoms with Gasteiger partial charge in [-0.1, -0.05) is 12.1 Å². The number of ether oxygens (including phenoxy) is 3. The van der Waals surface area contributed by atoms with Crippen LogP contribution in [0.3, 0.4) is 0 Å². The van der Waals surface area contributed by atoms with Crippen molar-refractivity contribution in [3.8, 4) is 23.0 Å². The second kappa shape index (κ2) is 6.64. The van der Waals surface area contributed by atoms with Crippen LogP contribution in [0.15, 0.2) is 41.8 Å². The van der Waals surface area contributed by atoms with Gasteiger partial charge < -0.3 is 19.3 Å². The molecule has 5 nitrogen and oxygen atoms in total. The number of phenolic OH excluding ortho intramolecular Hbond substituents is 1. The quantitative estimate of drug-likeness (QED) is 0.748. The summed E-state index contributed by atoms with van der Waals surface area (Å²) in [7, 11) is 0. The van der Waals surface area contributed by atoms with Gasteiger partial charge in [-0.25, -0.2) is 4.98 Å². The number of fused-ring (bicyclic) bond motifs is 1. The highest BCUT2D eigenvalue weighted by Crippen LogP contribution is 2.33. The summed E-state index contributed by atoms with van der Waals surface area (Å²) in [5.74, 6) is 2.45. The van der Waals surface area contributed by atoms with Gasteiger partial charge in [-0.2, -0.15) is 0 Å². The van der Waals surface area contributed by atoms with Gasteiger partial charge in [0.15, 0.2) is 11.5 Å². The van der Waals surface area contributed by atoms with Gasteiger partial charge in [0.25, 0.3) is 0 Å². The maximum Gasteiger partial charge on any atom is 0.231 e. The third kappa shape index (κ3) is 3.53. The van der Waals surface area contributed by atoms with Crippen LogP contribution in [0, 0.1) is 6.92 Å². The van der Waals surface area contributed by atoms with Gasteiger partial charge in [0.1, 0.15) is 18.1 Å². The molecule has 6 heteroatoms. The van der Waals surface area contributed by atoms with E-state index in [0.29, 0.717) is 12.4 Å². The Labute approximate surface area is 149 Å². The molecule has 0 aliphatic carbocycles. The molecule has 0 unspecified atom stereocenters. The highest BCUT2D eigenvalue weighted by molar-refractivity contribution is 7.09. The molecule has 0 saturated carbocycles. The van der Waals surface area contributed by atoms with Gasteiger partial charge in [-0.3, -0.25) is 0 Å². The zero-order valence-corrected chi connectivity index (χ0v) is 14.5. The molecule has 0 bridgehead atoms. The molecule has 25 heavy (non-hydrogen) atoms. The SMILES string of the molecule is Cc1ccc(OCc2csc(Cc3ccc4c(c3)OCO4)n2)cc1O. The van der Waals surface area contributed by atoms with Crippen LogP contribution in [0.4, 0.5) is 0 Å². The number of hydrogen-bond donors (Lipinski definition) is 1. The molecule has 128 valence electrons. The molecule has 0 spiro atoms. The first-order valence-corrected chi connectivity index (χ1v) is 8.79. The predicted molar refractivity (Wildman–Crippen MR) is 94.7 cm³/mol. The monoisotopic (exact) mass is 355 g/mol. The summed E-state index contributed by atoms with van der Waals surface area (Å²) in [6, 6.07) is 11.2. The molecule has 0 fully saturated rings. The van der Waals surface area contributed by atoms with Crippen LogP contribution in [0.25, 0.3) is 0 Å². The van der Waals surface area contributed by atoms with E-state index in [4.69, 9.17) is 14.2 Å². The Morgan fingerprint density at radius 3 is 2.92 bits per heavy atom. The average Bonchev–Trinajstić information content (AvgIpc) is 3.25. The Hall–Kier alpha value is -2.73. The molecule has 1 N–H and O–H groups in total. The number of aromatic nitrogens is 1. The topological polar surface area (TPSA) is 60.8 Å². The Kier molecular flexibility index (Phi) is 4.19. The van der Waals surface area contributed by atoms with Crippen molar-refractivity contribution in [2.45, 2.75) is 20.0 Å². The van der Waals surface area contributed by atoms with Crippen LogP contribution in [0.5, 0.6) is 23.0 Å². The summed E-state index contributed by atoms with van der Waals surface area (Å²) in [6.07, 6.45) is 0.743. The number of nitrogens with zero attached hydrogens (tertiary/aromatic N) is 1. The van der Waals surface area contributed by atoms with Crippen LogP contribution in [0.2, 0.25) is 0 Å². The predicted octanol–water partition coefficient (Wildman–Crippen LogP) is 4.06. The normalized spacial score (nSPS) is 12.4. The van der Waals surface area contributed by atoms with E-state index in [0.717, 1.165) is 39.7 Å². The zero-order valence-electron chi connectivity index (χ0n) is 13.7. The fourth-order valence-electron chi connectivity index (χ4n) is 2.56. The van der Waals surface area contributed by atoms with Crippen LogP contribution < -0.4 is 14.2 Å². The fraction of sp³-hybridized carbons (Fsp3) is 0.211. The fourth-order valence-corrected chi connectivity index (χ4v) is 3.37. The molecular weight excluding hydrogens is 338 g/mol.